The van der Waals surface area contributed by atoms with Crippen molar-refractivity contribution in [3.05, 3.63) is 0 Å². The zero-order valence-corrected chi connectivity index (χ0v) is 10.2. The van der Waals surface area contributed by atoms with Gasteiger partial charge >= 0.3 is 12.0 Å². The molecule has 17 heavy (non-hydrogen) atoms. The molecule has 0 heterocycles. The van der Waals surface area contributed by atoms with Crippen molar-refractivity contribution in [3.8, 4) is 0 Å². The summed E-state index contributed by atoms with van der Waals surface area (Å²) in [6.07, 6.45) is -1.30. The van der Waals surface area contributed by atoms with E-state index in [1.54, 1.807) is 0 Å². The monoisotopic (exact) mass is 274 g/mol. The number of rotatable bonds is 3. The van der Waals surface area contributed by atoms with Crippen LogP contribution in [-0.4, -0.2) is 29.5 Å². The molecule has 1 atom stereocenters. The first-order valence-electron chi connectivity index (χ1n) is 5.33. The largest absolute Gasteiger partial charge is 0.457 e. The van der Waals surface area contributed by atoms with Gasteiger partial charge in [-0.2, -0.15) is 17.6 Å². The molecule has 0 radical (unpaired) electrons. The first kappa shape index (κ1) is 14.8. The van der Waals surface area contributed by atoms with Crippen LogP contribution in [0.1, 0.15) is 32.1 Å². The molecule has 0 saturated heterocycles. The van der Waals surface area contributed by atoms with E-state index in [1.165, 1.54) is 0 Å². The highest BCUT2D eigenvalue weighted by Crippen LogP contribution is 2.41. The molecule has 100 valence electrons. The zero-order chi connectivity index (χ0) is 13.1. The highest BCUT2D eigenvalue weighted by molar-refractivity contribution is 8.14. The van der Waals surface area contributed by atoms with Gasteiger partial charge in [-0.05, 0) is 12.8 Å². The topological polar surface area (TPSA) is 26.3 Å². The van der Waals surface area contributed by atoms with E-state index in [1.807, 2.05) is 0 Å². The lowest BCUT2D eigenvalue weighted by molar-refractivity contribution is -0.302. The molecule has 1 unspecified atom stereocenters. The van der Waals surface area contributed by atoms with Gasteiger partial charge in [0.25, 0.3) is 5.12 Å². The number of hydrogen-bond acceptors (Lipinski definition) is 3. The molecule has 0 spiro atoms. The summed E-state index contributed by atoms with van der Waals surface area (Å²) in [5.41, 5.74) is 0. The van der Waals surface area contributed by atoms with E-state index in [-0.39, 0.29) is 5.25 Å². The molecule has 1 aliphatic carbocycles. The molecular formula is C10H14F4O2S. The van der Waals surface area contributed by atoms with Crippen molar-refractivity contribution in [1.82, 2.24) is 0 Å². The highest BCUT2D eigenvalue weighted by Gasteiger charge is 2.63. The van der Waals surface area contributed by atoms with Gasteiger partial charge in [0.1, 0.15) is 0 Å². The number of carbonyl (C=O) groups is 1. The molecule has 0 aromatic carbocycles. The Morgan fingerprint density at radius 1 is 1.18 bits per heavy atom. The lowest BCUT2D eigenvalue weighted by Gasteiger charge is -2.27. The fraction of sp³-hybridized carbons (Fsp3) is 0.900. The lowest BCUT2D eigenvalue weighted by Crippen LogP contribution is -2.49. The zero-order valence-electron chi connectivity index (χ0n) is 9.35. The quantitative estimate of drug-likeness (QED) is 0.737. The van der Waals surface area contributed by atoms with Crippen LogP contribution in [0.4, 0.5) is 17.6 Å². The number of methoxy groups -OCH3 is 1. The Kier molecular flexibility index (Phi) is 4.83. The third kappa shape index (κ3) is 3.34. The maximum absolute atomic E-state index is 13.5. The summed E-state index contributed by atoms with van der Waals surface area (Å²) in [5, 5.41) is -1.83. The summed E-state index contributed by atoms with van der Waals surface area (Å²) < 4.78 is 54.3. The smallest absolute Gasteiger partial charge is 0.336 e. The minimum absolute atomic E-state index is 0.233. The minimum atomic E-state index is -5.33. The van der Waals surface area contributed by atoms with Gasteiger partial charge in [0.15, 0.2) is 0 Å². The summed E-state index contributed by atoms with van der Waals surface area (Å²) in [6, 6.07) is 0. The summed E-state index contributed by atoms with van der Waals surface area (Å²) in [4.78, 5) is 11.4. The van der Waals surface area contributed by atoms with E-state index >= 15 is 0 Å². The van der Waals surface area contributed by atoms with Gasteiger partial charge in [0, 0.05) is 12.4 Å². The maximum Gasteiger partial charge on any atom is 0.457 e. The Labute approximate surface area is 101 Å². The number of hydrogen-bond donors (Lipinski definition) is 0. The molecule has 1 saturated carbocycles. The second kappa shape index (κ2) is 5.56. The van der Waals surface area contributed by atoms with E-state index in [9.17, 15) is 22.4 Å². The van der Waals surface area contributed by atoms with Crippen molar-refractivity contribution in [2.24, 2.45) is 0 Å². The number of ether oxygens (including phenoxy) is 1. The molecule has 0 aliphatic heterocycles. The van der Waals surface area contributed by atoms with Gasteiger partial charge in [0.2, 0.25) is 0 Å². The predicted octanol–water partition coefficient (Wildman–Crippen LogP) is 3.45. The van der Waals surface area contributed by atoms with E-state index in [2.05, 4.69) is 4.74 Å². The van der Waals surface area contributed by atoms with Gasteiger partial charge in [-0.25, -0.2) is 0 Å². The molecule has 1 rings (SSSR count). The van der Waals surface area contributed by atoms with Crippen LogP contribution in [-0.2, 0) is 9.53 Å². The van der Waals surface area contributed by atoms with Gasteiger partial charge in [-0.1, -0.05) is 31.0 Å². The first-order chi connectivity index (χ1) is 7.81. The highest BCUT2D eigenvalue weighted by atomic mass is 32.2. The SMILES string of the molecule is COC(F)(C(=O)SC1CCCCC1)C(F)(F)F. The van der Waals surface area contributed by atoms with Gasteiger partial charge in [-0.15, -0.1) is 0 Å². The van der Waals surface area contributed by atoms with Crippen molar-refractivity contribution in [1.29, 1.82) is 0 Å². The second-order valence-corrected chi connectivity index (χ2v) is 5.24. The van der Waals surface area contributed by atoms with Crippen LogP contribution in [0.15, 0.2) is 0 Å². The number of thioether (sulfide) groups is 1. The van der Waals surface area contributed by atoms with E-state index in [0.717, 1.165) is 19.3 Å². The molecule has 0 amide bonds. The summed E-state index contributed by atoms with van der Waals surface area (Å²) >= 11 is 0.420. The Morgan fingerprint density at radius 3 is 2.12 bits per heavy atom. The molecule has 2 nitrogen and oxygen atoms in total. The molecular weight excluding hydrogens is 260 g/mol. The minimum Gasteiger partial charge on any atom is -0.336 e. The number of carbonyl (C=O) groups excluding carboxylic acids is 1. The Balaban J connectivity index is 2.66. The summed E-state index contributed by atoms with van der Waals surface area (Å²) in [5.74, 6) is -4.19. The van der Waals surface area contributed by atoms with Crippen LogP contribution >= 0.6 is 11.8 Å². The number of halogens is 4. The average molecular weight is 274 g/mol. The third-order valence-electron chi connectivity index (χ3n) is 2.73. The maximum atomic E-state index is 13.5. The molecule has 1 aliphatic rings. The van der Waals surface area contributed by atoms with Crippen LogP contribution in [0.2, 0.25) is 0 Å². The average Bonchev–Trinajstić information content (AvgIpc) is 2.27. The summed E-state index contributed by atoms with van der Waals surface area (Å²) in [6.45, 7) is 0. The fourth-order valence-electron chi connectivity index (χ4n) is 1.72. The van der Waals surface area contributed by atoms with Crippen LogP contribution in [0, 0.1) is 0 Å². The second-order valence-electron chi connectivity index (χ2n) is 3.96. The number of alkyl halides is 4. The van der Waals surface area contributed by atoms with Crippen LogP contribution in [0.5, 0.6) is 0 Å². The molecule has 7 heteroatoms. The first-order valence-corrected chi connectivity index (χ1v) is 6.21. The van der Waals surface area contributed by atoms with E-state index < -0.39 is 17.1 Å². The van der Waals surface area contributed by atoms with Gasteiger partial charge in [-0.3, -0.25) is 4.79 Å². The van der Waals surface area contributed by atoms with Crippen molar-refractivity contribution in [3.63, 3.8) is 0 Å². The Morgan fingerprint density at radius 2 is 1.71 bits per heavy atom. The molecule has 0 N–H and O–H groups in total. The van der Waals surface area contributed by atoms with Crippen molar-refractivity contribution < 1.29 is 27.1 Å². The fourth-order valence-corrected chi connectivity index (χ4v) is 2.95. The van der Waals surface area contributed by atoms with Crippen LogP contribution < -0.4 is 0 Å². The van der Waals surface area contributed by atoms with Crippen molar-refractivity contribution >= 4 is 16.9 Å². The van der Waals surface area contributed by atoms with E-state index in [4.69, 9.17) is 0 Å². The van der Waals surface area contributed by atoms with Gasteiger partial charge < -0.3 is 4.74 Å². The molecule has 0 bridgehead atoms. The van der Waals surface area contributed by atoms with Crippen molar-refractivity contribution in [2.75, 3.05) is 7.11 Å². The van der Waals surface area contributed by atoms with Crippen LogP contribution in [0.25, 0.3) is 0 Å². The predicted molar refractivity (Wildman–Crippen MR) is 56.4 cm³/mol. The molecule has 0 aromatic rings. The molecule has 1 fully saturated rings. The summed E-state index contributed by atoms with van der Waals surface area (Å²) in [7, 11) is 0.548. The van der Waals surface area contributed by atoms with Gasteiger partial charge in [0.05, 0.1) is 0 Å². The Hall–Kier alpha value is -0.300. The Bertz CT molecular complexity index is 276. The molecule has 0 aromatic heterocycles. The lowest BCUT2D eigenvalue weighted by atomic mass is 10.0. The van der Waals surface area contributed by atoms with E-state index in [0.29, 0.717) is 31.7 Å². The van der Waals surface area contributed by atoms with Crippen LogP contribution in [0.3, 0.4) is 0 Å². The normalized spacial score (nSPS) is 22.2. The third-order valence-corrected chi connectivity index (χ3v) is 4.02. The van der Waals surface area contributed by atoms with Crippen molar-refractivity contribution in [2.45, 2.75) is 49.4 Å². The standard InChI is InChI=1S/C10H14F4O2S/c1-16-9(11,10(12,13)14)8(15)17-7-5-3-2-4-6-7/h7H,2-6H2,1H3.